The lowest BCUT2D eigenvalue weighted by molar-refractivity contribution is -0.108. The predicted octanol–water partition coefficient (Wildman–Crippen LogP) is -0.317. The first kappa shape index (κ1) is 17.6. The third-order valence-electron chi connectivity index (χ3n) is 4.21. The minimum absolute atomic E-state index is 0.156. The van der Waals surface area contributed by atoms with E-state index in [0.717, 1.165) is 10.1 Å². The summed E-state index contributed by atoms with van der Waals surface area (Å²) in [6.45, 7) is 1.46. The Balaban J connectivity index is 1.70. The van der Waals surface area contributed by atoms with Crippen LogP contribution in [0.3, 0.4) is 0 Å². The van der Waals surface area contributed by atoms with Crippen molar-refractivity contribution in [3.05, 3.63) is 68.5 Å². The van der Waals surface area contributed by atoms with Crippen LogP contribution >= 0.6 is 0 Å². The van der Waals surface area contributed by atoms with Crippen LogP contribution in [0.4, 0.5) is 0 Å². The van der Waals surface area contributed by atoms with Crippen molar-refractivity contribution < 1.29 is 19.7 Å². The van der Waals surface area contributed by atoms with Crippen molar-refractivity contribution in [1.29, 1.82) is 0 Å². The van der Waals surface area contributed by atoms with Gasteiger partial charge in [0.15, 0.2) is 6.23 Å². The first-order valence-electron chi connectivity index (χ1n) is 7.86. The molecule has 1 aromatic carbocycles. The average Bonchev–Trinajstić information content (AvgIpc) is 2.88. The van der Waals surface area contributed by atoms with Gasteiger partial charge in [-0.1, -0.05) is 30.3 Å². The molecule has 8 nitrogen and oxygen atoms in total. The van der Waals surface area contributed by atoms with E-state index in [9.17, 15) is 19.8 Å². The van der Waals surface area contributed by atoms with Gasteiger partial charge < -0.3 is 19.7 Å². The Morgan fingerprint density at radius 1 is 1.36 bits per heavy atom. The lowest BCUT2D eigenvalue weighted by atomic mass is 10.0. The summed E-state index contributed by atoms with van der Waals surface area (Å²) in [6, 6.07) is 9.41. The van der Waals surface area contributed by atoms with Gasteiger partial charge in [0.05, 0.1) is 19.8 Å². The number of H-pyrrole nitrogens is 1. The third-order valence-corrected chi connectivity index (χ3v) is 4.21. The summed E-state index contributed by atoms with van der Waals surface area (Å²) in [4.78, 5) is 25.5. The van der Waals surface area contributed by atoms with Gasteiger partial charge in [-0.2, -0.15) is 0 Å². The van der Waals surface area contributed by atoms with E-state index in [1.54, 1.807) is 0 Å². The van der Waals surface area contributed by atoms with E-state index in [4.69, 9.17) is 9.47 Å². The predicted molar refractivity (Wildman–Crippen MR) is 88.1 cm³/mol. The number of aliphatic hydroxyl groups is 2. The van der Waals surface area contributed by atoms with E-state index < -0.39 is 29.2 Å². The van der Waals surface area contributed by atoms with E-state index >= 15 is 0 Å². The Bertz CT molecular complexity index is 846. The zero-order valence-electron chi connectivity index (χ0n) is 13.7. The summed E-state index contributed by atoms with van der Waals surface area (Å²) in [5.74, 6) is 0. The fourth-order valence-electron chi connectivity index (χ4n) is 2.73. The molecule has 3 N–H and O–H groups in total. The van der Waals surface area contributed by atoms with Gasteiger partial charge >= 0.3 is 5.69 Å². The van der Waals surface area contributed by atoms with Crippen molar-refractivity contribution in [2.24, 2.45) is 0 Å². The standard InChI is InChI=1S/C17H20N2O6/c1-11-7-19(16(22)18-14(11)21)15-13(20)17(23,10-25-15)9-24-8-12-5-3-2-4-6-12/h2-7,13,15,20,23H,8-10H2,1H3,(H,18,21,22)/t13-,15+,17-/m0/s1. The van der Waals surface area contributed by atoms with Crippen LogP contribution in [0.15, 0.2) is 46.1 Å². The highest BCUT2D eigenvalue weighted by atomic mass is 16.6. The van der Waals surface area contributed by atoms with E-state index in [1.807, 2.05) is 30.3 Å². The van der Waals surface area contributed by atoms with Gasteiger partial charge in [-0.05, 0) is 12.5 Å². The molecule has 0 spiro atoms. The molecule has 1 aromatic heterocycles. The number of aryl methyl sites for hydroxylation is 1. The van der Waals surface area contributed by atoms with Gasteiger partial charge in [-0.3, -0.25) is 14.3 Å². The Labute approximate surface area is 143 Å². The normalized spacial score (nSPS) is 26.0. The van der Waals surface area contributed by atoms with E-state index in [2.05, 4.69) is 4.98 Å². The van der Waals surface area contributed by atoms with Crippen molar-refractivity contribution in [2.75, 3.05) is 13.2 Å². The molecule has 1 saturated heterocycles. The van der Waals surface area contributed by atoms with E-state index in [0.29, 0.717) is 5.56 Å². The van der Waals surface area contributed by atoms with Gasteiger partial charge in [0.2, 0.25) is 0 Å². The minimum Gasteiger partial charge on any atom is -0.385 e. The van der Waals surface area contributed by atoms with Crippen molar-refractivity contribution in [3.63, 3.8) is 0 Å². The molecule has 0 radical (unpaired) electrons. The molecule has 1 aliphatic rings. The quantitative estimate of drug-likeness (QED) is 0.683. The van der Waals surface area contributed by atoms with Crippen LogP contribution < -0.4 is 11.2 Å². The second-order valence-electron chi connectivity index (χ2n) is 6.21. The van der Waals surface area contributed by atoms with Crippen molar-refractivity contribution >= 4 is 0 Å². The molecule has 134 valence electrons. The summed E-state index contributed by atoms with van der Waals surface area (Å²) in [5, 5.41) is 21.0. The van der Waals surface area contributed by atoms with Crippen LogP contribution in [0.2, 0.25) is 0 Å². The smallest absolute Gasteiger partial charge is 0.330 e. The number of benzene rings is 1. The molecule has 2 heterocycles. The van der Waals surface area contributed by atoms with Gasteiger partial charge in [0, 0.05) is 11.8 Å². The molecule has 0 unspecified atom stereocenters. The van der Waals surface area contributed by atoms with Crippen LogP contribution in [-0.2, 0) is 16.1 Å². The summed E-state index contributed by atoms with van der Waals surface area (Å²) >= 11 is 0. The van der Waals surface area contributed by atoms with Gasteiger partial charge in [-0.25, -0.2) is 4.79 Å². The maximum absolute atomic E-state index is 11.9. The van der Waals surface area contributed by atoms with Crippen molar-refractivity contribution in [1.82, 2.24) is 9.55 Å². The Morgan fingerprint density at radius 3 is 2.80 bits per heavy atom. The number of nitrogens with zero attached hydrogens (tertiary/aromatic N) is 1. The fourth-order valence-corrected chi connectivity index (χ4v) is 2.73. The topological polar surface area (TPSA) is 114 Å². The van der Waals surface area contributed by atoms with Crippen LogP contribution in [0.5, 0.6) is 0 Å². The van der Waals surface area contributed by atoms with Crippen molar-refractivity contribution in [2.45, 2.75) is 31.5 Å². The number of ether oxygens (including phenoxy) is 2. The van der Waals surface area contributed by atoms with Crippen LogP contribution in [-0.4, -0.2) is 44.7 Å². The second-order valence-corrected chi connectivity index (χ2v) is 6.21. The Morgan fingerprint density at radius 2 is 2.08 bits per heavy atom. The van der Waals surface area contributed by atoms with Gasteiger partial charge in [-0.15, -0.1) is 0 Å². The monoisotopic (exact) mass is 348 g/mol. The molecule has 8 heteroatoms. The number of aromatic amines is 1. The number of hydrogen-bond donors (Lipinski definition) is 3. The van der Waals surface area contributed by atoms with E-state index in [1.165, 1.54) is 13.1 Å². The summed E-state index contributed by atoms with van der Waals surface area (Å²) in [7, 11) is 0. The molecule has 25 heavy (non-hydrogen) atoms. The highest BCUT2D eigenvalue weighted by Gasteiger charge is 2.49. The Hall–Kier alpha value is -2.26. The third kappa shape index (κ3) is 3.57. The molecule has 0 amide bonds. The zero-order chi connectivity index (χ0) is 18.0. The zero-order valence-corrected chi connectivity index (χ0v) is 13.7. The van der Waals surface area contributed by atoms with Gasteiger partial charge in [0.1, 0.15) is 11.7 Å². The Kier molecular flexibility index (Phi) is 4.87. The highest BCUT2D eigenvalue weighted by Crippen LogP contribution is 2.31. The summed E-state index contributed by atoms with van der Waals surface area (Å²) < 4.78 is 12.0. The maximum Gasteiger partial charge on any atom is 0.330 e. The fraction of sp³-hybridized carbons (Fsp3) is 0.412. The first-order chi connectivity index (χ1) is 11.9. The number of hydrogen-bond acceptors (Lipinski definition) is 6. The van der Waals surface area contributed by atoms with Gasteiger partial charge in [0.25, 0.3) is 5.56 Å². The van der Waals surface area contributed by atoms with Crippen LogP contribution in [0, 0.1) is 6.92 Å². The molecule has 2 aromatic rings. The summed E-state index contributed by atoms with van der Waals surface area (Å²) in [5.41, 5.74) is -1.64. The molecule has 0 aliphatic carbocycles. The molecule has 1 fully saturated rings. The van der Waals surface area contributed by atoms with E-state index in [-0.39, 0.29) is 19.8 Å². The lowest BCUT2D eigenvalue weighted by Gasteiger charge is -2.26. The molecule has 0 bridgehead atoms. The highest BCUT2D eigenvalue weighted by molar-refractivity contribution is 5.13. The number of nitrogens with one attached hydrogen (secondary N) is 1. The lowest BCUT2D eigenvalue weighted by Crippen LogP contribution is -2.48. The SMILES string of the molecule is Cc1cn([C@@H]2OC[C@@](O)(COCc3ccccc3)[C@H]2O)c(=O)[nH]c1=O. The molecule has 3 rings (SSSR count). The molecular weight excluding hydrogens is 328 g/mol. The maximum atomic E-state index is 11.9. The molecule has 3 atom stereocenters. The minimum atomic E-state index is -1.65. The largest absolute Gasteiger partial charge is 0.385 e. The van der Waals surface area contributed by atoms with Crippen LogP contribution in [0.25, 0.3) is 0 Å². The summed E-state index contributed by atoms with van der Waals surface area (Å²) in [6.07, 6.45) is -1.19. The average molecular weight is 348 g/mol. The first-order valence-corrected chi connectivity index (χ1v) is 7.86. The van der Waals surface area contributed by atoms with Crippen LogP contribution in [0.1, 0.15) is 17.4 Å². The second kappa shape index (κ2) is 6.93. The van der Waals surface area contributed by atoms with Crippen molar-refractivity contribution in [3.8, 4) is 0 Å². The molecule has 0 saturated carbocycles. The number of aromatic nitrogens is 2. The number of rotatable bonds is 5. The number of aliphatic hydroxyl groups excluding tert-OH is 1. The molecular formula is C17H20N2O6. The molecule has 1 aliphatic heterocycles.